The van der Waals surface area contributed by atoms with Crippen molar-refractivity contribution in [2.75, 3.05) is 44.2 Å². The van der Waals surface area contributed by atoms with Crippen LogP contribution in [0.3, 0.4) is 0 Å². The van der Waals surface area contributed by atoms with Crippen molar-refractivity contribution in [3.8, 4) is 0 Å². The van der Waals surface area contributed by atoms with Gasteiger partial charge in [0.05, 0.1) is 0 Å². The second kappa shape index (κ2) is 8.91. The summed E-state index contributed by atoms with van der Waals surface area (Å²) >= 11 is 0. The number of piperazine rings is 1. The Morgan fingerprint density at radius 2 is 1.69 bits per heavy atom. The van der Waals surface area contributed by atoms with Crippen molar-refractivity contribution >= 4 is 11.7 Å². The first-order valence-corrected chi connectivity index (χ1v) is 10.7. The quantitative estimate of drug-likeness (QED) is 0.799. The predicted octanol–water partition coefficient (Wildman–Crippen LogP) is 2.98. The van der Waals surface area contributed by atoms with Crippen molar-refractivity contribution in [2.45, 2.75) is 33.2 Å². The van der Waals surface area contributed by atoms with Crippen LogP contribution in [-0.4, -0.2) is 64.9 Å². The van der Waals surface area contributed by atoms with Gasteiger partial charge in [0.25, 0.3) is 5.91 Å². The summed E-state index contributed by atoms with van der Waals surface area (Å²) < 4.78 is 0. The van der Waals surface area contributed by atoms with Gasteiger partial charge in [-0.2, -0.15) is 0 Å². The molecule has 2 fully saturated rings. The van der Waals surface area contributed by atoms with E-state index in [0.29, 0.717) is 17.4 Å². The molecule has 0 atom stereocenters. The summed E-state index contributed by atoms with van der Waals surface area (Å²) in [7, 11) is 0. The summed E-state index contributed by atoms with van der Waals surface area (Å²) in [6.07, 6.45) is 2.15. The Morgan fingerprint density at radius 3 is 2.38 bits per heavy atom. The number of benzene rings is 1. The highest BCUT2D eigenvalue weighted by atomic mass is 16.2. The number of carbonyl (C=O) groups excluding carboxylic acids is 1. The van der Waals surface area contributed by atoms with E-state index in [0.717, 1.165) is 64.5 Å². The fourth-order valence-corrected chi connectivity index (χ4v) is 4.17. The molecule has 4 rings (SSSR count). The van der Waals surface area contributed by atoms with Gasteiger partial charge in [0, 0.05) is 51.9 Å². The zero-order valence-corrected chi connectivity index (χ0v) is 17.5. The lowest BCUT2D eigenvalue weighted by Crippen LogP contribution is -2.46. The Labute approximate surface area is 173 Å². The number of likely N-dealkylation sites (tertiary alicyclic amines) is 1. The number of nitrogens with zero attached hydrogens (tertiary/aromatic N) is 5. The summed E-state index contributed by atoms with van der Waals surface area (Å²) in [5.41, 5.74) is 1.89. The van der Waals surface area contributed by atoms with Crippen LogP contribution in [-0.2, 0) is 6.54 Å². The first kappa shape index (κ1) is 19.8. The molecule has 6 heteroatoms. The molecule has 0 saturated carbocycles. The van der Waals surface area contributed by atoms with Crippen LogP contribution in [0.5, 0.6) is 0 Å². The zero-order valence-electron chi connectivity index (χ0n) is 17.5. The van der Waals surface area contributed by atoms with E-state index in [-0.39, 0.29) is 5.91 Å². The van der Waals surface area contributed by atoms with Gasteiger partial charge in [-0.15, -0.1) is 0 Å². The lowest BCUT2D eigenvalue weighted by atomic mass is 9.99. The molecule has 2 aliphatic heterocycles. The number of anilines is 1. The second-order valence-electron chi connectivity index (χ2n) is 8.38. The number of amides is 1. The molecule has 0 bridgehead atoms. The molecular formula is C23H31N5O. The van der Waals surface area contributed by atoms with Crippen LogP contribution in [0.15, 0.2) is 36.4 Å². The largest absolute Gasteiger partial charge is 0.354 e. The van der Waals surface area contributed by atoms with Crippen molar-refractivity contribution in [2.24, 2.45) is 5.92 Å². The highest BCUT2D eigenvalue weighted by Gasteiger charge is 2.25. The normalized spacial score (nSPS) is 18.8. The number of carbonyl (C=O) groups is 1. The molecular weight excluding hydrogens is 362 g/mol. The standard InChI is InChI=1S/C23H31N5O/c1-18-8-10-28(11-9-18)23(29)21-16-22(25-19(2)24-21)27-14-12-26(13-15-27)17-20-6-4-3-5-7-20/h3-7,16,18H,8-15,17H2,1-2H3. The lowest BCUT2D eigenvalue weighted by Gasteiger charge is -2.35. The third kappa shape index (κ3) is 4.93. The molecule has 0 aliphatic carbocycles. The molecule has 154 valence electrons. The summed E-state index contributed by atoms with van der Waals surface area (Å²) in [5, 5.41) is 0. The van der Waals surface area contributed by atoms with Crippen molar-refractivity contribution in [1.82, 2.24) is 19.8 Å². The molecule has 1 amide bonds. The molecule has 29 heavy (non-hydrogen) atoms. The van der Waals surface area contributed by atoms with E-state index in [4.69, 9.17) is 0 Å². The topological polar surface area (TPSA) is 52.6 Å². The van der Waals surface area contributed by atoms with Gasteiger partial charge in [-0.1, -0.05) is 37.3 Å². The number of aromatic nitrogens is 2. The number of hydrogen-bond acceptors (Lipinski definition) is 5. The maximum Gasteiger partial charge on any atom is 0.272 e. The molecule has 1 aromatic heterocycles. The average molecular weight is 394 g/mol. The van der Waals surface area contributed by atoms with E-state index in [9.17, 15) is 4.79 Å². The monoisotopic (exact) mass is 393 g/mol. The minimum Gasteiger partial charge on any atom is -0.354 e. The van der Waals surface area contributed by atoms with E-state index in [1.807, 2.05) is 17.9 Å². The fraction of sp³-hybridized carbons (Fsp3) is 0.522. The van der Waals surface area contributed by atoms with Gasteiger partial charge < -0.3 is 9.80 Å². The van der Waals surface area contributed by atoms with Crippen LogP contribution in [0.2, 0.25) is 0 Å². The van der Waals surface area contributed by atoms with E-state index in [1.54, 1.807) is 0 Å². The van der Waals surface area contributed by atoms with Gasteiger partial charge >= 0.3 is 0 Å². The van der Waals surface area contributed by atoms with Gasteiger partial charge in [-0.05, 0) is 31.2 Å². The molecule has 2 aliphatic rings. The molecule has 0 spiro atoms. The first-order valence-electron chi connectivity index (χ1n) is 10.7. The highest BCUT2D eigenvalue weighted by molar-refractivity contribution is 5.93. The maximum atomic E-state index is 13.0. The molecule has 3 heterocycles. The highest BCUT2D eigenvalue weighted by Crippen LogP contribution is 2.20. The van der Waals surface area contributed by atoms with Crippen molar-refractivity contribution in [3.63, 3.8) is 0 Å². The number of rotatable bonds is 4. The third-order valence-electron chi connectivity index (χ3n) is 6.06. The van der Waals surface area contributed by atoms with Gasteiger partial charge in [0.1, 0.15) is 17.3 Å². The van der Waals surface area contributed by atoms with Crippen LogP contribution in [0.4, 0.5) is 5.82 Å². The Hall–Kier alpha value is -2.47. The summed E-state index contributed by atoms with van der Waals surface area (Å²) in [6, 6.07) is 12.5. The van der Waals surface area contributed by atoms with Crippen molar-refractivity contribution in [1.29, 1.82) is 0 Å². The Morgan fingerprint density at radius 1 is 1.00 bits per heavy atom. The van der Waals surface area contributed by atoms with E-state index in [1.165, 1.54) is 5.56 Å². The van der Waals surface area contributed by atoms with Gasteiger partial charge in [0.15, 0.2) is 0 Å². The Bertz CT molecular complexity index is 824. The van der Waals surface area contributed by atoms with Crippen molar-refractivity contribution in [3.05, 3.63) is 53.5 Å². The summed E-state index contributed by atoms with van der Waals surface area (Å²) in [4.78, 5) is 28.7. The number of piperidine rings is 1. The minimum atomic E-state index is 0.0476. The number of hydrogen-bond donors (Lipinski definition) is 0. The predicted molar refractivity (Wildman–Crippen MR) is 115 cm³/mol. The smallest absolute Gasteiger partial charge is 0.272 e. The number of aryl methyl sites for hydroxylation is 1. The molecule has 1 aromatic carbocycles. The maximum absolute atomic E-state index is 13.0. The average Bonchev–Trinajstić information content (AvgIpc) is 2.75. The first-order chi connectivity index (χ1) is 14.1. The molecule has 0 N–H and O–H groups in total. The molecule has 6 nitrogen and oxygen atoms in total. The van der Waals surface area contributed by atoms with Gasteiger partial charge in [0.2, 0.25) is 0 Å². The summed E-state index contributed by atoms with van der Waals surface area (Å²) in [6.45, 7) is 10.6. The fourth-order valence-electron chi connectivity index (χ4n) is 4.17. The van der Waals surface area contributed by atoms with Crippen LogP contribution in [0, 0.1) is 12.8 Å². The van der Waals surface area contributed by atoms with Crippen molar-refractivity contribution < 1.29 is 4.79 Å². The SMILES string of the molecule is Cc1nc(C(=O)N2CCC(C)CC2)cc(N2CCN(Cc3ccccc3)CC2)n1. The van der Waals surface area contributed by atoms with E-state index in [2.05, 4.69) is 57.0 Å². The zero-order chi connectivity index (χ0) is 20.2. The molecule has 2 saturated heterocycles. The second-order valence-corrected chi connectivity index (χ2v) is 8.38. The third-order valence-corrected chi connectivity index (χ3v) is 6.06. The molecule has 2 aromatic rings. The van der Waals surface area contributed by atoms with Crippen LogP contribution in [0.25, 0.3) is 0 Å². The minimum absolute atomic E-state index is 0.0476. The van der Waals surface area contributed by atoms with Crippen LogP contribution in [0.1, 0.15) is 41.6 Å². The molecule has 0 radical (unpaired) electrons. The summed E-state index contributed by atoms with van der Waals surface area (Å²) in [5.74, 6) is 2.30. The Balaban J connectivity index is 1.40. The van der Waals surface area contributed by atoms with Gasteiger partial charge in [-0.25, -0.2) is 9.97 Å². The van der Waals surface area contributed by atoms with E-state index >= 15 is 0 Å². The Kier molecular flexibility index (Phi) is 6.09. The van der Waals surface area contributed by atoms with E-state index < -0.39 is 0 Å². The molecule has 0 unspecified atom stereocenters. The van der Waals surface area contributed by atoms with Gasteiger partial charge in [-0.3, -0.25) is 9.69 Å². The van der Waals surface area contributed by atoms with Crippen LogP contribution < -0.4 is 4.90 Å². The van der Waals surface area contributed by atoms with Crippen LogP contribution >= 0.6 is 0 Å². The lowest BCUT2D eigenvalue weighted by molar-refractivity contribution is 0.0691.